The van der Waals surface area contributed by atoms with Crippen molar-refractivity contribution < 1.29 is 9.21 Å². The molecule has 2 aromatic carbocycles. The summed E-state index contributed by atoms with van der Waals surface area (Å²) >= 11 is 1.67. The lowest BCUT2D eigenvalue weighted by Gasteiger charge is -2.15. The minimum Gasteiger partial charge on any atom is -0.408 e. The Bertz CT molecular complexity index is 1210. The van der Waals surface area contributed by atoms with Crippen LogP contribution in [0.25, 0.3) is 22.1 Å². The van der Waals surface area contributed by atoms with Gasteiger partial charge in [0, 0.05) is 0 Å². The number of aromatic nitrogens is 3. The van der Waals surface area contributed by atoms with Crippen LogP contribution in [-0.2, 0) is 17.1 Å². The lowest BCUT2D eigenvalue weighted by atomic mass is 10.1. The molecule has 4 rings (SSSR count). The summed E-state index contributed by atoms with van der Waals surface area (Å²) in [5, 5.41) is 3.02. The van der Waals surface area contributed by atoms with Crippen LogP contribution in [0.15, 0.2) is 51.7 Å². The molecule has 2 heterocycles. The maximum absolute atomic E-state index is 12.7. The number of imidazole rings is 1. The summed E-state index contributed by atoms with van der Waals surface area (Å²) in [4.78, 5) is 31.3. The molecule has 0 bridgehead atoms. The Morgan fingerprint density at radius 1 is 1.32 bits per heavy atom. The predicted molar refractivity (Wildman–Crippen MR) is 110 cm³/mol. The summed E-state index contributed by atoms with van der Waals surface area (Å²) in [6.45, 7) is 2.10. The lowest BCUT2D eigenvalue weighted by Crippen LogP contribution is -2.30. The fourth-order valence-electron chi connectivity index (χ4n) is 3.29. The van der Waals surface area contributed by atoms with E-state index in [1.807, 2.05) is 48.1 Å². The Kier molecular flexibility index (Phi) is 4.95. The second-order valence-corrected chi connectivity index (χ2v) is 7.46. The van der Waals surface area contributed by atoms with Crippen LogP contribution in [0.2, 0.25) is 0 Å². The molecule has 1 atom stereocenters. The lowest BCUT2D eigenvalue weighted by molar-refractivity contribution is -0.122. The van der Waals surface area contributed by atoms with Crippen LogP contribution in [0.4, 0.5) is 0 Å². The summed E-state index contributed by atoms with van der Waals surface area (Å²) in [6, 6.07) is 13.0. The number of rotatable bonds is 6. The van der Waals surface area contributed by atoms with E-state index in [4.69, 9.17) is 4.42 Å². The molecule has 0 aliphatic rings. The summed E-state index contributed by atoms with van der Waals surface area (Å²) in [7, 11) is 0. The number of hydrogen-bond donors (Lipinski definition) is 2. The van der Waals surface area contributed by atoms with Crippen molar-refractivity contribution in [3.63, 3.8) is 0 Å². The Balaban J connectivity index is 1.54. The van der Waals surface area contributed by atoms with Gasteiger partial charge in [-0.05, 0) is 43.0 Å². The molecule has 28 heavy (non-hydrogen) atoms. The molecule has 1 unspecified atom stereocenters. The first-order valence-electron chi connectivity index (χ1n) is 8.90. The number of thioether (sulfide) groups is 1. The van der Waals surface area contributed by atoms with Crippen molar-refractivity contribution >= 4 is 39.8 Å². The molecule has 8 heteroatoms. The Labute approximate surface area is 165 Å². The van der Waals surface area contributed by atoms with Crippen LogP contribution in [0.5, 0.6) is 0 Å². The van der Waals surface area contributed by atoms with E-state index in [0.29, 0.717) is 11.1 Å². The first-order chi connectivity index (χ1) is 13.5. The van der Waals surface area contributed by atoms with Crippen molar-refractivity contribution in [2.75, 3.05) is 6.26 Å². The minimum absolute atomic E-state index is 0.103. The number of benzene rings is 2. The van der Waals surface area contributed by atoms with Gasteiger partial charge in [0.15, 0.2) is 5.58 Å². The van der Waals surface area contributed by atoms with Crippen LogP contribution in [0.1, 0.15) is 24.4 Å². The van der Waals surface area contributed by atoms with E-state index in [9.17, 15) is 9.59 Å². The van der Waals surface area contributed by atoms with E-state index < -0.39 is 5.76 Å². The third-order valence-corrected chi connectivity index (χ3v) is 5.18. The average molecular weight is 396 g/mol. The quantitative estimate of drug-likeness (QED) is 0.522. The Morgan fingerprint density at radius 3 is 2.96 bits per heavy atom. The zero-order valence-corrected chi connectivity index (χ0v) is 16.4. The van der Waals surface area contributed by atoms with Gasteiger partial charge in [-0.2, -0.15) is 11.8 Å². The Morgan fingerprint density at radius 2 is 2.14 bits per heavy atom. The molecule has 7 nitrogen and oxygen atoms in total. The number of carbonyl (C=O) groups is 1. The maximum Gasteiger partial charge on any atom is 0.417 e. The summed E-state index contributed by atoms with van der Waals surface area (Å²) in [5.74, 6) is 1.03. The monoisotopic (exact) mass is 396 g/mol. The van der Waals surface area contributed by atoms with Crippen LogP contribution in [0, 0.1) is 0 Å². The van der Waals surface area contributed by atoms with Gasteiger partial charge in [-0.15, -0.1) is 0 Å². The van der Waals surface area contributed by atoms with Crippen molar-refractivity contribution in [1.29, 1.82) is 0 Å². The van der Waals surface area contributed by atoms with E-state index in [1.165, 1.54) is 0 Å². The van der Waals surface area contributed by atoms with Crippen molar-refractivity contribution in [2.45, 2.75) is 25.3 Å². The van der Waals surface area contributed by atoms with Gasteiger partial charge in [0.05, 0.1) is 28.3 Å². The van der Waals surface area contributed by atoms with Gasteiger partial charge in [-0.25, -0.2) is 9.78 Å². The van der Waals surface area contributed by atoms with Gasteiger partial charge < -0.3 is 14.3 Å². The van der Waals surface area contributed by atoms with Gasteiger partial charge in [0.1, 0.15) is 12.4 Å². The SMILES string of the molecule is CSCc1nc2ccccc2n1CC(=O)NC(C)c1ccc2[nH]c(=O)oc2c1. The van der Waals surface area contributed by atoms with E-state index in [0.717, 1.165) is 28.2 Å². The van der Waals surface area contributed by atoms with Crippen LogP contribution in [0.3, 0.4) is 0 Å². The van der Waals surface area contributed by atoms with Gasteiger partial charge >= 0.3 is 5.76 Å². The molecule has 0 saturated heterocycles. The van der Waals surface area contributed by atoms with Crippen LogP contribution in [-0.4, -0.2) is 26.7 Å². The van der Waals surface area contributed by atoms with Gasteiger partial charge in [-0.1, -0.05) is 18.2 Å². The van der Waals surface area contributed by atoms with Crippen molar-refractivity contribution in [2.24, 2.45) is 0 Å². The number of H-pyrrole nitrogens is 1. The van der Waals surface area contributed by atoms with Crippen molar-refractivity contribution in [3.8, 4) is 0 Å². The molecule has 2 N–H and O–H groups in total. The van der Waals surface area contributed by atoms with E-state index >= 15 is 0 Å². The number of oxazole rings is 1. The fraction of sp³-hybridized carbons (Fsp3) is 0.250. The number of fused-ring (bicyclic) bond motifs is 2. The highest BCUT2D eigenvalue weighted by atomic mass is 32.2. The largest absolute Gasteiger partial charge is 0.417 e. The average Bonchev–Trinajstić information content (AvgIpc) is 3.21. The molecular weight excluding hydrogens is 376 g/mol. The topological polar surface area (TPSA) is 92.9 Å². The van der Waals surface area contributed by atoms with E-state index in [2.05, 4.69) is 15.3 Å². The number of nitrogens with zero attached hydrogens (tertiary/aromatic N) is 2. The molecule has 0 fully saturated rings. The summed E-state index contributed by atoms with van der Waals surface area (Å²) < 4.78 is 7.06. The normalized spacial score (nSPS) is 12.5. The Hall–Kier alpha value is -3.00. The first-order valence-corrected chi connectivity index (χ1v) is 10.3. The molecule has 1 amide bonds. The molecule has 2 aromatic heterocycles. The highest BCUT2D eigenvalue weighted by molar-refractivity contribution is 7.97. The number of nitrogens with one attached hydrogen (secondary N) is 2. The number of para-hydroxylation sites is 2. The molecule has 0 aliphatic heterocycles. The molecule has 0 spiro atoms. The highest BCUT2D eigenvalue weighted by Crippen LogP contribution is 2.20. The van der Waals surface area contributed by atoms with Crippen molar-refractivity contribution in [1.82, 2.24) is 19.9 Å². The summed E-state index contributed by atoms with van der Waals surface area (Å²) in [6.07, 6.45) is 2.02. The molecule has 144 valence electrons. The number of amides is 1. The van der Waals surface area contributed by atoms with Crippen LogP contribution >= 0.6 is 11.8 Å². The standard InChI is InChI=1S/C20H20N4O3S/c1-12(13-7-8-15-17(9-13)27-20(26)23-15)21-19(25)10-24-16-6-4-3-5-14(16)22-18(24)11-28-2/h3-9,12H,10-11H2,1-2H3,(H,21,25)(H,23,26). The smallest absolute Gasteiger partial charge is 0.408 e. The third kappa shape index (κ3) is 3.55. The molecule has 0 saturated carbocycles. The molecule has 0 radical (unpaired) electrons. The second kappa shape index (κ2) is 7.55. The van der Waals surface area contributed by atoms with Gasteiger partial charge in [-0.3, -0.25) is 9.78 Å². The number of hydrogen-bond acceptors (Lipinski definition) is 5. The highest BCUT2D eigenvalue weighted by Gasteiger charge is 2.16. The van der Waals surface area contributed by atoms with Gasteiger partial charge in [0.25, 0.3) is 0 Å². The molecular formula is C20H20N4O3S. The maximum atomic E-state index is 12.7. The van der Waals surface area contributed by atoms with Crippen LogP contribution < -0.4 is 11.1 Å². The minimum atomic E-state index is -0.489. The number of carbonyl (C=O) groups excluding carboxylic acids is 1. The zero-order valence-electron chi connectivity index (χ0n) is 15.6. The third-order valence-electron chi connectivity index (χ3n) is 4.63. The van der Waals surface area contributed by atoms with E-state index in [1.54, 1.807) is 23.9 Å². The number of aromatic amines is 1. The second-order valence-electron chi connectivity index (χ2n) is 6.60. The van der Waals surface area contributed by atoms with Gasteiger partial charge in [0.2, 0.25) is 5.91 Å². The molecule has 0 aliphatic carbocycles. The predicted octanol–water partition coefficient (Wildman–Crippen LogP) is 3.21. The molecule has 4 aromatic rings. The fourth-order valence-corrected chi connectivity index (χ4v) is 3.77. The van der Waals surface area contributed by atoms with Crippen molar-refractivity contribution in [3.05, 3.63) is 64.4 Å². The first kappa shape index (κ1) is 18.4. The summed E-state index contributed by atoms with van der Waals surface area (Å²) in [5.41, 5.74) is 3.82. The van der Waals surface area contributed by atoms with E-state index in [-0.39, 0.29) is 18.5 Å². The zero-order chi connectivity index (χ0) is 19.7.